The smallest absolute Gasteiger partial charge is 0.245 e. The molecular formula is C14H21N5. The SMILES string of the molecule is Cc1cccc2nc(N3CCC(C)C(CN)C3)nn12. The maximum atomic E-state index is 5.86. The van der Waals surface area contributed by atoms with Crippen molar-refractivity contribution in [3.8, 4) is 0 Å². The number of rotatable bonds is 2. The van der Waals surface area contributed by atoms with Gasteiger partial charge in [-0.3, -0.25) is 0 Å². The van der Waals surface area contributed by atoms with Gasteiger partial charge in [0.1, 0.15) is 0 Å². The first-order valence-electron chi connectivity index (χ1n) is 6.96. The standard InChI is InChI=1S/C14H21N5/c1-10-6-7-18(9-12(10)8-15)14-16-13-5-3-4-11(2)19(13)17-14/h3-5,10,12H,6-9,15H2,1-2H3. The van der Waals surface area contributed by atoms with Gasteiger partial charge in [0.15, 0.2) is 5.65 Å². The maximum Gasteiger partial charge on any atom is 0.245 e. The van der Waals surface area contributed by atoms with Gasteiger partial charge in [-0.1, -0.05) is 13.0 Å². The molecule has 3 heterocycles. The number of hydrogen-bond acceptors (Lipinski definition) is 4. The van der Waals surface area contributed by atoms with Crippen molar-refractivity contribution < 1.29 is 0 Å². The minimum absolute atomic E-state index is 0.543. The summed E-state index contributed by atoms with van der Waals surface area (Å²) < 4.78 is 1.91. The molecule has 2 atom stereocenters. The molecule has 19 heavy (non-hydrogen) atoms. The molecule has 0 spiro atoms. The lowest BCUT2D eigenvalue weighted by Crippen LogP contribution is -2.43. The highest BCUT2D eigenvalue weighted by Crippen LogP contribution is 2.25. The van der Waals surface area contributed by atoms with Crippen molar-refractivity contribution in [2.45, 2.75) is 20.3 Å². The Hall–Kier alpha value is -1.62. The number of piperidine rings is 1. The highest BCUT2D eigenvalue weighted by atomic mass is 15.4. The molecule has 2 aromatic heterocycles. The molecule has 1 aliphatic rings. The minimum atomic E-state index is 0.543. The summed E-state index contributed by atoms with van der Waals surface area (Å²) in [5.41, 5.74) is 7.88. The molecular weight excluding hydrogens is 238 g/mol. The largest absolute Gasteiger partial charge is 0.339 e. The zero-order chi connectivity index (χ0) is 13.4. The zero-order valence-corrected chi connectivity index (χ0v) is 11.6. The Balaban J connectivity index is 1.90. The first kappa shape index (κ1) is 12.4. The summed E-state index contributed by atoms with van der Waals surface area (Å²) in [5, 5.41) is 4.62. The molecule has 0 saturated carbocycles. The van der Waals surface area contributed by atoms with E-state index in [0.717, 1.165) is 43.3 Å². The van der Waals surface area contributed by atoms with E-state index in [1.54, 1.807) is 0 Å². The number of hydrogen-bond donors (Lipinski definition) is 1. The zero-order valence-electron chi connectivity index (χ0n) is 11.6. The lowest BCUT2D eigenvalue weighted by Gasteiger charge is -2.35. The van der Waals surface area contributed by atoms with Crippen molar-refractivity contribution in [3.63, 3.8) is 0 Å². The molecule has 102 valence electrons. The summed E-state index contributed by atoms with van der Waals surface area (Å²) in [4.78, 5) is 6.90. The van der Waals surface area contributed by atoms with Gasteiger partial charge < -0.3 is 10.6 Å². The number of nitrogens with two attached hydrogens (primary N) is 1. The highest BCUT2D eigenvalue weighted by Gasteiger charge is 2.27. The summed E-state index contributed by atoms with van der Waals surface area (Å²) in [6, 6.07) is 6.06. The molecule has 1 aliphatic heterocycles. The van der Waals surface area contributed by atoms with Crippen LogP contribution in [0.2, 0.25) is 0 Å². The Morgan fingerprint density at radius 2 is 2.26 bits per heavy atom. The van der Waals surface area contributed by atoms with Crippen LogP contribution >= 0.6 is 0 Å². The maximum absolute atomic E-state index is 5.86. The Morgan fingerprint density at radius 3 is 3.00 bits per heavy atom. The summed E-state index contributed by atoms with van der Waals surface area (Å²) >= 11 is 0. The van der Waals surface area contributed by atoms with Gasteiger partial charge in [-0.15, -0.1) is 5.10 Å². The van der Waals surface area contributed by atoms with Crippen LogP contribution < -0.4 is 10.6 Å². The molecule has 0 aliphatic carbocycles. The van der Waals surface area contributed by atoms with Crippen LogP contribution in [0.3, 0.4) is 0 Å². The van der Waals surface area contributed by atoms with Crippen molar-refractivity contribution in [1.29, 1.82) is 0 Å². The van der Waals surface area contributed by atoms with Crippen molar-refractivity contribution in [1.82, 2.24) is 14.6 Å². The van der Waals surface area contributed by atoms with Crippen LogP contribution in [0.25, 0.3) is 5.65 Å². The molecule has 0 aromatic carbocycles. The Labute approximate surface area is 113 Å². The lowest BCUT2D eigenvalue weighted by atomic mass is 9.87. The van der Waals surface area contributed by atoms with Gasteiger partial charge in [-0.25, -0.2) is 4.52 Å². The number of aryl methyl sites for hydroxylation is 1. The van der Waals surface area contributed by atoms with E-state index >= 15 is 0 Å². The average molecular weight is 259 g/mol. The number of aromatic nitrogens is 3. The van der Waals surface area contributed by atoms with Crippen LogP contribution in [0.1, 0.15) is 19.0 Å². The molecule has 0 radical (unpaired) electrons. The van der Waals surface area contributed by atoms with Gasteiger partial charge >= 0.3 is 0 Å². The number of pyridine rings is 1. The fourth-order valence-corrected chi connectivity index (χ4v) is 2.80. The summed E-state index contributed by atoms with van der Waals surface area (Å²) in [5.74, 6) is 2.07. The Morgan fingerprint density at radius 1 is 1.42 bits per heavy atom. The quantitative estimate of drug-likeness (QED) is 0.887. The molecule has 5 heteroatoms. The number of anilines is 1. The van der Waals surface area contributed by atoms with Crippen molar-refractivity contribution >= 4 is 11.6 Å². The van der Waals surface area contributed by atoms with Crippen LogP contribution in [-0.2, 0) is 0 Å². The Kier molecular flexibility index (Phi) is 3.14. The Bertz CT molecular complexity index is 576. The van der Waals surface area contributed by atoms with Crippen LogP contribution in [0.4, 0.5) is 5.95 Å². The van der Waals surface area contributed by atoms with Crippen LogP contribution in [0.5, 0.6) is 0 Å². The first-order valence-corrected chi connectivity index (χ1v) is 6.96. The van der Waals surface area contributed by atoms with E-state index in [2.05, 4.69) is 21.9 Å². The number of fused-ring (bicyclic) bond motifs is 1. The second-order valence-corrected chi connectivity index (χ2v) is 5.56. The molecule has 1 saturated heterocycles. The van der Waals surface area contributed by atoms with E-state index in [1.165, 1.54) is 0 Å². The minimum Gasteiger partial charge on any atom is -0.339 e. The summed E-state index contributed by atoms with van der Waals surface area (Å²) in [6.07, 6.45) is 1.16. The van der Waals surface area contributed by atoms with E-state index in [9.17, 15) is 0 Å². The monoisotopic (exact) mass is 259 g/mol. The predicted molar refractivity (Wildman–Crippen MR) is 76.3 cm³/mol. The van der Waals surface area contributed by atoms with Gasteiger partial charge in [0.2, 0.25) is 5.95 Å². The summed E-state index contributed by atoms with van der Waals surface area (Å²) in [7, 11) is 0. The second-order valence-electron chi connectivity index (χ2n) is 5.56. The third kappa shape index (κ3) is 2.18. The topological polar surface area (TPSA) is 59.5 Å². The van der Waals surface area contributed by atoms with Crippen molar-refractivity contribution in [2.24, 2.45) is 17.6 Å². The van der Waals surface area contributed by atoms with Crippen molar-refractivity contribution in [2.75, 3.05) is 24.5 Å². The average Bonchev–Trinajstić information content (AvgIpc) is 2.85. The van der Waals surface area contributed by atoms with Crippen molar-refractivity contribution in [3.05, 3.63) is 23.9 Å². The fraction of sp³-hybridized carbons (Fsp3) is 0.571. The van der Waals surface area contributed by atoms with Crippen LogP contribution in [0, 0.1) is 18.8 Å². The van der Waals surface area contributed by atoms with Crippen LogP contribution in [-0.4, -0.2) is 34.2 Å². The van der Waals surface area contributed by atoms with Gasteiger partial charge in [-0.2, -0.15) is 4.98 Å². The molecule has 0 bridgehead atoms. The first-order chi connectivity index (χ1) is 9.19. The third-order valence-electron chi connectivity index (χ3n) is 4.24. The van der Waals surface area contributed by atoms with Gasteiger partial charge in [-0.05, 0) is 43.9 Å². The van der Waals surface area contributed by atoms with E-state index in [-0.39, 0.29) is 0 Å². The molecule has 2 unspecified atom stereocenters. The second kappa shape index (κ2) is 4.81. The third-order valence-corrected chi connectivity index (χ3v) is 4.24. The van der Waals surface area contributed by atoms with E-state index < -0.39 is 0 Å². The van der Waals surface area contributed by atoms with Gasteiger partial charge in [0, 0.05) is 18.8 Å². The highest BCUT2D eigenvalue weighted by molar-refractivity contribution is 5.46. The molecule has 3 rings (SSSR count). The molecule has 5 nitrogen and oxygen atoms in total. The normalized spacial score (nSPS) is 24.1. The van der Waals surface area contributed by atoms with Crippen LogP contribution in [0.15, 0.2) is 18.2 Å². The molecule has 2 aromatic rings. The summed E-state index contributed by atoms with van der Waals surface area (Å²) in [6.45, 7) is 7.06. The number of nitrogens with zero attached hydrogens (tertiary/aromatic N) is 4. The predicted octanol–water partition coefficient (Wildman–Crippen LogP) is 1.46. The fourth-order valence-electron chi connectivity index (χ4n) is 2.80. The molecule has 0 amide bonds. The van der Waals surface area contributed by atoms with E-state index in [4.69, 9.17) is 5.73 Å². The van der Waals surface area contributed by atoms with E-state index in [1.807, 2.05) is 29.6 Å². The van der Waals surface area contributed by atoms with Gasteiger partial charge in [0.25, 0.3) is 0 Å². The van der Waals surface area contributed by atoms with E-state index in [0.29, 0.717) is 11.8 Å². The lowest BCUT2D eigenvalue weighted by molar-refractivity contribution is 0.306. The molecule has 1 fully saturated rings. The van der Waals surface area contributed by atoms with Gasteiger partial charge in [0.05, 0.1) is 0 Å². The molecule has 2 N–H and O–H groups in total.